The molecule has 0 aliphatic heterocycles. The van der Waals surface area contributed by atoms with E-state index in [9.17, 15) is 14.4 Å². The van der Waals surface area contributed by atoms with Crippen LogP contribution in [-0.2, 0) is 22.6 Å². The highest BCUT2D eigenvalue weighted by atomic mass is 32.2. The number of hydrogen-bond donors (Lipinski definition) is 1. The summed E-state index contributed by atoms with van der Waals surface area (Å²) in [7, 11) is 0. The number of esters is 1. The largest absolute Gasteiger partial charge is 0.467 e. The van der Waals surface area contributed by atoms with Crippen molar-refractivity contribution in [2.24, 2.45) is 0 Å². The van der Waals surface area contributed by atoms with E-state index in [-0.39, 0.29) is 30.4 Å². The second-order valence-electron chi connectivity index (χ2n) is 7.37. The molecule has 0 saturated carbocycles. The first-order valence-electron chi connectivity index (χ1n) is 10.6. The zero-order valence-electron chi connectivity index (χ0n) is 18.7. The summed E-state index contributed by atoms with van der Waals surface area (Å²) in [6.07, 6.45) is 1.53. The lowest BCUT2D eigenvalue weighted by Crippen LogP contribution is -2.27. The number of rotatable bonds is 9. The van der Waals surface area contributed by atoms with Crippen molar-refractivity contribution < 1.29 is 18.7 Å². The Morgan fingerprint density at radius 3 is 2.71 bits per heavy atom. The van der Waals surface area contributed by atoms with Crippen molar-refractivity contribution in [3.8, 4) is 0 Å². The second kappa shape index (κ2) is 10.7. The van der Waals surface area contributed by atoms with Crippen molar-refractivity contribution in [2.45, 2.75) is 32.1 Å². The number of fused-ring (bicyclic) bond motifs is 1. The molecule has 1 N–H and O–H groups in total. The first-order chi connectivity index (χ1) is 16.5. The molecule has 0 bridgehead atoms. The summed E-state index contributed by atoms with van der Waals surface area (Å²) in [5.74, 6) is 0.00631. The minimum absolute atomic E-state index is 0.0814. The molecule has 0 aliphatic rings. The van der Waals surface area contributed by atoms with Gasteiger partial charge in [0.1, 0.15) is 15.5 Å². The summed E-state index contributed by atoms with van der Waals surface area (Å²) in [5, 5.41) is 3.62. The quantitative estimate of drug-likeness (QED) is 0.212. The minimum atomic E-state index is -0.477. The Balaban J connectivity index is 1.62. The van der Waals surface area contributed by atoms with Crippen LogP contribution in [0.5, 0.6) is 0 Å². The fourth-order valence-corrected chi connectivity index (χ4v) is 5.32. The number of amides is 1. The van der Waals surface area contributed by atoms with Crippen LogP contribution >= 0.6 is 23.1 Å². The van der Waals surface area contributed by atoms with Crippen molar-refractivity contribution in [1.29, 1.82) is 0 Å². The molecule has 0 fully saturated rings. The first-order valence-corrected chi connectivity index (χ1v) is 12.4. The standard InChI is InChI=1S/C24H23N3O5S2/c1-3-31-23(30)20-15(2)19-21(34-20)26-24(27(22(19)29)13-17-10-7-11-32-17)33-14-18(28)25-12-16-8-5-4-6-9-16/h4-11H,3,12-14H2,1-2H3,(H,25,28). The predicted molar refractivity (Wildman–Crippen MR) is 131 cm³/mol. The number of nitrogens with one attached hydrogen (secondary N) is 1. The van der Waals surface area contributed by atoms with Crippen LogP contribution in [0, 0.1) is 6.92 Å². The molecule has 8 nitrogen and oxygen atoms in total. The fraction of sp³-hybridized carbons (Fsp3) is 0.250. The van der Waals surface area contributed by atoms with Gasteiger partial charge in [0.05, 0.1) is 30.6 Å². The molecular weight excluding hydrogens is 474 g/mol. The molecule has 34 heavy (non-hydrogen) atoms. The van der Waals surface area contributed by atoms with E-state index in [1.807, 2.05) is 30.3 Å². The summed E-state index contributed by atoms with van der Waals surface area (Å²) in [6, 6.07) is 13.1. The van der Waals surface area contributed by atoms with Gasteiger partial charge in [-0.3, -0.25) is 14.2 Å². The molecule has 176 valence electrons. The van der Waals surface area contributed by atoms with Gasteiger partial charge < -0.3 is 14.5 Å². The second-order valence-corrected chi connectivity index (χ2v) is 9.31. The van der Waals surface area contributed by atoms with Crippen LogP contribution < -0.4 is 10.9 Å². The van der Waals surface area contributed by atoms with Crippen LogP contribution in [0.2, 0.25) is 0 Å². The van der Waals surface area contributed by atoms with Gasteiger partial charge in [0.25, 0.3) is 5.56 Å². The summed E-state index contributed by atoms with van der Waals surface area (Å²) in [5.41, 5.74) is 1.25. The van der Waals surface area contributed by atoms with Gasteiger partial charge in [-0.2, -0.15) is 0 Å². The number of nitrogens with zero attached hydrogens (tertiary/aromatic N) is 2. The smallest absolute Gasteiger partial charge is 0.348 e. The van der Waals surface area contributed by atoms with E-state index >= 15 is 0 Å². The monoisotopic (exact) mass is 497 g/mol. The van der Waals surface area contributed by atoms with E-state index in [1.54, 1.807) is 26.0 Å². The predicted octanol–water partition coefficient (Wildman–Crippen LogP) is 3.99. The highest BCUT2D eigenvalue weighted by Gasteiger charge is 2.23. The average Bonchev–Trinajstić information content (AvgIpc) is 3.47. The maximum atomic E-state index is 13.5. The van der Waals surface area contributed by atoms with E-state index in [4.69, 9.17) is 9.15 Å². The van der Waals surface area contributed by atoms with E-state index in [2.05, 4.69) is 10.3 Å². The molecule has 0 atom stereocenters. The summed E-state index contributed by atoms with van der Waals surface area (Å²) >= 11 is 2.29. The fourth-order valence-electron chi connectivity index (χ4n) is 3.37. The van der Waals surface area contributed by atoms with Gasteiger partial charge in [0.15, 0.2) is 5.16 Å². The molecular formula is C24H23N3O5S2. The number of furan rings is 1. The summed E-state index contributed by atoms with van der Waals surface area (Å²) in [4.78, 5) is 43.7. The third-order valence-electron chi connectivity index (χ3n) is 5.04. The molecule has 10 heteroatoms. The van der Waals surface area contributed by atoms with Gasteiger partial charge in [-0.25, -0.2) is 9.78 Å². The third kappa shape index (κ3) is 5.23. The molecule has 0 spiro atoms. The zero-order chi connectivity index (χ0) is 24.1. The minimum Gasteiger partial charge on any atom is -0.467 e. The van der Waals surface area contributed by atoms with Gasteiger partial charge in [-0.05, 0) is 37.1 Å². The van der Waals surface area contributed by atoms with Crippen LogP contribution in [0.4, 0.5) is 0 Å². The lowest BCUT2D eigenvalue weighted by molar-refractivity contribution is -0.118. The van der Waals surface area contributed by atoms with Crippen LogP contribution in [0.25, 0.3) is 10.2 Å². The van der Waals surface area contributed by atoms with Gasteiger partial charge in [-0.1, -0.05) is 42.1 Å². The van der Waals surface area contributed by atoms with Crippen LogP contribution in [0.1, 0.15) is 33.5 Å². The number of ether oxygens (including phenoxy) is 1. The Morgan fingerprint density at radius 1 is 1.21 bits per heavy atom. The van der Waals surface area contributed by atoms with Gasteiger partial charge in [-0.15, -0.1) is 11.3 Å². The lowest BCUT2D eigenvalue weighted by Gasteiger charge is -2.11. The van der Waals surface area contributed by atoms with E-state index in [1.165, 1.54) is 10.8 Å². The Kier molecular flexibility index (Phi) is 7.49. The topological polar surface area (TPSA) is 103 Å². The third-order valence-corrected chi connectivity index (χ3v) is 7.18. The van der Waals surface area contributed by atoms with Crippen molar-refractivity contribution >= 4 is 45.2 Å². The van der Waals surface area contributed by atoms with Gasteiger partial charge >= 0.3 is 5.97 Å². The Hall–Kier alpha value is -3.37. The van der Waals surface area contributed by atoms with Crippen LogP contribution in [-0.4, -0.2) is 33.8 Å². The SMILES string of the molecule is CCOC(=O)c1sc2nc(SCC(=O)NCc3ccccc3)n(Cc3ccco3)c(=O)c2c1C. The highest BCUT2D eigenvalue weighted by molar-refractivity contribution is 7.99. The van der Waals surface area contributed by atoms with E-state index < -0.39 is 5.97 Å². The molecule has 1 aromatic carbocycles. The van der Waals surface area contributed by atoms with Crippen LogP contribution in [0.15, 0.2) is 63.1 Å². The molecule has 3 aromatic heterocycles. The molecule has 4 aromatic rings. The van der Waals surface area contributed by atoms with Gasteiger partial charge in [0.2, 0.25) is 5.91 Å². The van der Waals surface area contributed by atoms with Gasteiger partial charge in [0, 0.05) is 6.54 Å². The maximum Gasteiger partial charge on any atom is 0.348 e. The summed E-state index contributed by atoms with van der Waals surface area (Å²) in [6.45, 7) is 4.26. The van der Waals surface area contributed by atoms with Crippen molar-refractivity contribution in [1.82, 2.24) is 14.9 Å². The summed E-state index contributed by atoms with van der Waals surface area (Å²) < 4.78 is 12.0. The average molecular weight is 498 g/mol. The molecule has 3 heterocycles. The molecule has 0 unspecified atom stereocenters. The number of carbonyl (C=O) groups excluding carboxylic acids is 2. The number of aryl methyl sites for hydroxylation is 1. The lowest BCUT2D eigenvalue weighted by atomic mass is 10.2. The van der Waals surface area contributed by atoms with E-state index in [0.717, 1.165) is 28.7 Å². The van der Waals surface area contributed by atoms with Crippen molar-refractivity contribution in [3.05, 3.63) is 80.8 Å². The Morgan fingerprint density at radius 2 is 2.00 bits per heavy atom. The number of aromatic nitrogens is 2. The number of benzene rings is 1. The normalized spacial score (nSPS) is 11.0. The van der Waals surface area contributed by atoms with E-state index in [0.29, 0.717) is 38.1 Å². The number of thioether (sulfide) groups is 1. The van der Waals surface area contributed by atoms with Crippen molar-refractivity contribution in [3.63, 3.8) is 0 Å². The number of carbonyl (C=O) groups is 2. The molecule has 0 aliphatic carbocycles. The maximum absolute atomic E-state index is 13.5. The highest BCUT2D eigenvalue weighted by Crippen LogP contribution is 2.30. The Labute approximate surface area is 204 Å². The molecule has 4 rings (SSSR count). The number of thiophene rings is 1. The van der Waals surface area contributed by atoms with Crippen LogP contribution in [0.3, 0.4) is 0 Å². The van der Waals surface area contributed by atoms with Crippen molar-refractivity contribution in [2.75, 3.05) is 12.4 Å². The first kappa shape index (κ1) is 23.8. The molecule has 0 radical (unpaired) electrons. The molecule has 1 amide bonds. The Bertz CT molecular complexity index is 1360. The zero-order valence-corrected chi connectivity index (χ0v) is 20.3. The number of hydrogen-bond acceptors (Lipinski definition) is 8. The molecule has 0 saturated heterocycles.